The molecule has 0 aliphatic carbocycles. The molecule has 3 heterocycles. The van der Waals surface area contributed by atoms with Gasteiger partial charge in [0.05, 0.1) is 40.6 Å². The Morgan fingerprint density at radius 1 is 1.09 bits per heavy atom. The Labute approximate surface area is 188 Å². The lowest BCUT2D eigenvalue weighted by Crippen LogP contribution is -2.18. The summed E-state index contributed by atoms with van der Waals surface area (Å²) in [6.45, 7) is 1.52. The standard InChI is InChI=1S/C20H12ClF4N7O/c1-10-14(9-26-17(30-10)13-3-2-11(22)6-16(13)21)19(33)31-12-7-15(20(23,24)25)18(27-8-12)32-28-4-5-29-32/h2-9H,1H3,(H,31,33). The van der Waals surface area contributed by atoms with E-state index in [4.69, 9.17) is 11.6 Å². The molecule has 0 aliphatic heterocycles. The molecule has 13 heteroatoms. The molecule has 0 unspecified atom stereocenters. The molecule has 0 saturated heterocycles. The number of anilines is 1. The van der Waals surface area contributed by atoms with Crippen LogP contribution in [0.4, 0.5) is 23.2 Å². The fourth-order valence-electron chi connectivity index (χ4n) is 2.91. The van der Waals surface area contributed by atoms with Crippen LogP contribution in [0.2, 0.25) is 5.02 Å². The molecule has 33 heavy (non-hydrogen) atoms. The summed E-state index contributed by atoms with van der Waals surface area (Å²) in [6, 6.07) is 4.41. The van der Waals surface area contributed by atoms with E-state index in [0.29, 0.717) is 5.56 Å². The van der Waals surface area contributed by atoms with Crippen LogP contribution in [-0.4, -0.2) is 35.9 Å². The van der Waals surface area contributed by atoms with Crippen molar-refractivity contribution in [3.8, 4) is 17.2 Å². The molecular formula is C20H12ClF4N7O. The van der Waals surface area contributed by atoms with Crippen LogP contribution in [0, 0.1) is 12.7 Å². The lowest BCUT2D eigenvalue weighted by Gasteiger charge is -2.14. The Hall–Kier alpha value is -3.93. The minimum Gasteiger partial charge on any atom is -0.320 e. The third-order valence-electron chi connectivity index (χ3n) is 4.43. The first-order valence-electron chi connectivity index (χ1n) is 9.18. The second-order valence-corrected chi connectivity index (χ2v) is 7.09. The quantitative estimate of drug-likeness (QED) is 0.435. The van der Waals surface area contributed by atoms with Crippen molar-refractivity contribution in [3.05, 3.63) is 76.7 Å². The van der Waals surface area contributed by atoms with Gasteiger partial charge in [0.1, 0.15) is 11.4 Å². The van der Waals surface area contributed by atoms with E-state index in [1.165, 1.54) is 37.6 Å². The first kappa shape index (κ1) is 22.3. The highest BCUT2D eigenvalue weighted by molar-refractivity contribution is 6.33. The number of aromatic nitrogens is 6. The number of carbonyl (C=O) groups is 1. The molecule has 0 saturated carbocycles. The highest BCUT2D eigenvalue weighted by Gasteiger charge is 2.36. The van der Waals surface area contributed by atoms with Crippen molar-refractivity contribution in [1.82, 2.24) is 29.9 Å². The molecule has 4 rings (SSSR count). The molecule has 0 spiro atoms. The van der Waals surface area contributed by atoms with Crippen molar-refractivity contribution >= 4 is 23.2 Å². The zero-order valence-electron chi connectivity index (χ0n) is 16.6. The van der Waals surface area contributed by atoms with Crippen molar-refractivity contribution in [2.45, 2.75) is 13.1 Å². The van der Waals surface area contributed by atoms with Crippen LogP contribution in [0.15, 0.2) is 49.1 Å². The normalized spacial score (nSPS) is 11.5. The van der Waals surface area contributed by atoms with Crippen molar-refractivity contribution < 1.29 is 22.4 Å². The fourth-order valence-corrected chi connectivity index (χ4v) is 3.16. The Morgan fingerprint density at radius 3 is 2.45 bits per heavy atom. The van der Waals surface area contributed by atoms with Crippen molar-refractivity contribution in [1.29, 1.82) is 0 Å². The second kappa shape index (κ2) is 8.54. The minimum absolute atomic E-state index is 0.0170. The number of carbonyl (C=O) groups excluding carboxylic acids is 1. The predicted molar refractivity (Wildman–Crippen MR) is 109 cm³/mol. The molecule has 1 aromatic carbocycles. The number of amides is 1. The number of hydrogen-bond acceptors (Lipinski definition) is 6. The number of halogens is 5. The maximum Gasteiger partial charge on any atom is 0.420 e. The van der Waals surface area contributed by atoms with E-state index in [1.807, 2.05) is 0 Å². The summed E-state index contributed by atoms with van der Waals surface area (Å²) in [5.74, 6) is -1.65. The fraction of sp³-hybridized carbons (Fsp3) is 0.100. The lowest BCUT2D eigenvalue weighted by atomic mass is 10.1. The molecular weight excluding hydrogens is 466 g/mol. The summed E-state index contributed by atoms with van der Waals surface area (Å²) in [5.41, 5.74) is -0.725. The Balaban J connectivity index is 1.62. The number of nitrogens with one attached hydrogen (secondary N) is 1. The van der Waals surface area contributed by atoms with Gasteiger partial charge >= 0.3 is 6.18 Å². The molecule has 1 amide bonds. The van der Waals surface area contributed by atoms with Gasteiger partial charge in [-0.1, -0.05) is 11.6 Å². The number of alkyl halides is 3. The number of hydrogen-bond donors (Lipinski definition) is 1. The smallest absolute Gasteiger partial charge is 0.320 e. The van der Waals surface area contributed by atoms with Gasteiger partial charge < -0.3 is 5.32 Å². The molecule has 3 aromatic heterocycles. The third kappa shape index (κ3) is 4.65. The van der Waals surface area contributed by atoms with E-state index in [9.17, 15) is 22.4 Å². The van der Waals surface area contributed by atoms with Gasteiger partial charge in [0.25, 0.3) is 5.91 Å². The van der Waals surface area contributed by atoms with Crippen LogP contribution in [0.25, 0.3) is 17.2 Å². The zero-order valence-corrected chi connectivity index (χ0v) is 17.4. The average Bonchev–Trinajstić information content (AvgIpc) is 3.27. The van der Waals surface area contributed by atoms with E-state index in [0.717, 1.165) is 23.1 Å². The molecule has 0 fully saturated rings. The first-order valence-corrected chi connectivity index (χ1v) is 9.55. The lowest BCUT2D eigenvalue weighted by molar-refractivity contribution is -0.137. The van der Waals surface area contributed by atoms with Gasteiger partial charge in [-0.15, -0.1) is 4.80 Å². The van der Waals surface area contributed by atoms with E-state index >= 15 is 0 Å². The third-order valence-corrected chi connectivity index (χ3v) is 4.75. The van der Waals surface area contributed by atoms with Gasteiger partial charge in [0.2, 0.25) is 0 Å². The maximum atomic E-state index is 13.5. The Morgan fingerprint density at radius 2 is 1.82 bits per heavy atom. The van der Waals surface area contributed by atoms with Crippen LogP contribution in [0.3, 0.4) is 0 Å². The number of nitrogens with zero attached hydrogens (tertiary/aromatic N) is 6. The Bertz CT molecular complexity index is 1340. The zero-order chi connectivity index (χ0) is 23.8. The van der Waals surface area contributed by atoms with Gasteiger partial charge in [0.15, 0.2) is 11.6 Å². The largest absolute Gasteiger partial charge is 0.420 e. The molecule has 4 aromatic rings. The number of rotatable bonds is 4. The molecule has 8 nitrogen and oxygen atoms in total. The van der Waals surface area contributed by atoms with Crippen LogP contribution in [0.1, 0.15) is 21.6 Å². The summed E-state index contributed by atoms with van der Waals surface area (Å²) in [7, 11) is 0. The summed E-state index contributed by atoms with van der Waals surface area (Å²) < 4.78 is 53.9. The molecule has 0 aliphatic rings. The summed E-state index contributed by atoms with van der Waals surface area (Å²) in [4.78, 5) is 25.4. The minimum atomic E-state index is -4.77. The van der Waals surface area contributed by atoms with E-state index in [2.05, 4.69) is 30.5 Å². The molecule has 168 valence electrons. The van der Waals surface area contributed by atoms with Crippen LogP contribution in [-0.2, 0) is 6.18 Å². The van der Waals surface area contributed by atoms with Crippen molar-refractivity contribution in [2.24, 2.45) is 0 Å². The number of pyridine rings is 1. The van der Waals surface area contributed by atoms with Crippen molar-refractivity contribution in [2.75, 3.05) is 5.32 Å². The van der Waals surface area contributed by atoms with Gasteiger partial charge in [-0.25, -0.2) is 19.3 Å². The topological polar surface area (TPSA) is 98.5 Å². The van der Waals surface area contributed by atoms with Gasteiger partial charge in [-0.2, -0.15) is 23.4 Å². The van der Waals surface area contributed by atoms with Crippen LogP contribution in [0.5, 0.6) is 0 Å². The second-order valence-electron chi connectivity index (χ2n) is 6.68. The van der Waals surface area contributed by atoms with Crippen LogP contribution >= 0.6 is 11.6 Å². The van der Waals surface area contributed by atoms with Gasteiger partial charge in [-0.3, -0.25) is 4.79 Å². The average molecular weight is 478 g/mol. The van der Waals surface area contributed by atoms with E-state index in [-0.39, 0.29) is 27.8 Å². The number of benzene rings is 1. The number of aryl methyl sites for hydroxylation is 1. The highest BCUT2D eigenvalue weighted by Crippen LogP contribution is 2.34. The highest BCUT2D eigenvalue weighted by atomic mass is 35.5. The summed E-state index contributed by atoms with van der Waals surface area (Å²) in [6.07, 6.45) is -0.0978. The van der Waals surface area contributed by atoms with Crippen molar-refractivity contribution in [3.63, 3.8) is 0 Å². The van der Waals surface area contributed by atoms with E-state index < -0.39 is 29.3 Å². The summed E-state index contributed by atoms with van der Waals surface area (Å²) in [5, 5.41) is 9.77. The maximum absolute atomic E-state index is 13.5. The van der Waals surface area contributed by atoms with E-state index in [1.54, 1.807) is 0 Å². The molecule has 1 N–H and O–H groups in total. The molecule has 0 radical (unpaired) electrons. The van der Waals surface area contributed by atoms with Crippen LogP contribution < -0.4 is 5.32 Å². The van der Waals surface area contributed by atoms with Gasteiger partial charge in [0, 0.05) is 11.8 Å². The SMILES string of the molecule is Cc1nc(-c2ccc(F)cc2Cl)ncc1C(=O)Nc1cnc(-n2nccn2)c(C(F)(F)F)c1. The monoisotopic (exact) mass is 477 g/mol. The molecule has 0 bridgehead atoms. The van der Waals surface area contributed by atoms with Gasteiger partial charge in [-0.05, 0) is 31.2 Å². The first-order chi connectivity index (χ1) is 15.6. The molecule has 0 atom stereocenters. The predicted octanol–water partition coefficient (Wildman–Crippen LogP) is 4.49. The Kier molecular flexibility index (Phi) is 5.77. The summed E-state index contributed by atoms with van der Waals surface area (Å²) >= 11 is 6.02.